The van der Waals surface area contributed by atoms with Crippen molar-refractivity contribution in [1.82, 2.24) is 10.3 Å². The molecular formula is C13H22N2S. The molecule has 2 rings (SSSR count). The van der Waals surface area contributed by atoms with Crippen LogP contribution in [0.15, 0.2) is 0 Å². The highest BCUT2D eigenvalue weighted by molar-refractivity contribution is 7.11. The van der Waals surface area contributed by atoms with E-state index in [0.717, 1.165) is 5.92 Å². The number of thiazole rings is 1. The first-order valence-electron chi connectivity index (χ1n) is 6.33. The summed E-state index contributed by atoms with van der Waals surface area (Å²) in [5, 5.41) is 4.77. The molecule has 1 aliphatic rings. The van der Waals surface area contributed by atoms with Crippen LogP contribution in [0, 0.1) is 19.8 Å². The van der Waals surface area contributed by atoms with Crippen LogP contribution in [0.25, 0.3) is 0 Å². The number of aryl methyl sites for hydroxylation is 2. The second-order valence-electron chi connectivity index (χ2n) is 4.86. The summed E-state index contributed by atoms with van der Waals surface area (Å²) >= 11 is 1.87. The van der Waals surface area contributed by atoms with E-state index in [2.05, 4.69) is 26.2 Å². The second kappa shape index (κ2) is 5.28. The molecule has 0 aromatic carbocycles. The maximum Gasteiger partial charge on any atom is 0.110 e. The topological polar surface area (TPSA) is 24.9 Å². The summed E-state index contributed by atoms with van der Waals surface area (Å²) in [6, 6.07) is 0.484. The Bertz CT molecular complexity index is 320. The van der Waals surface area contributed by atoms with Crippen molar-refractivity contribution in [1.29, 1.82) is 0 Å². The lowest BCUT2D eigenvalue weighted by atomic mass is 9.84. The molecule has 0 bridgehead atoms. The number of nitrogens with one attached hydrogen (secondary N) is 1. The van der Waals surface area contributed by atoms with Crippen molar-refractivity contribution in [3.63, 3.8) is 0 Å². The van der Waals surface area contributed by atoms with E-state index >= 15 is 0 Å². The summed E-state index contributed by atoms with van der Waals surface area (Å²) in [6.45, 7) is 4.28. The van der Waals surface area contributed by atoms with Crippen LogP contribution in [0.1, 0.15) is 53.7 Å². The minimum atomic E-state index is 0.484. The molecule has 1 aromatic rings. The molecule has 1 aliphatic carbocycles. The summed E-state index contributed by atoms with van der Waals surface area (Å²) in [7, 11) is 2.07. The molecule has 2 nitrogen and oxygen atoms in total. The highest BCUT2D eigenvalue weighted by atomic mass is 32.1. The Kier molecular flexibility index (Phi) is 3.98. The number of rotatable bonds is 3. The highest BCUT2D eigenvalue weighted by Gasteiger charge is 2.26. The standard InChI is InChI=1S/C13H22N2S/c1-9-10(2)16-13(15-9)12(14-3)11-7-5-4-6-8-11/h11-12,14H,4-8H2,1-3H3. The first kappa shape index (κ1) is 12.1. The zero-order chi connectivity index (χ0) is 11.5. The Labute approximate surface area is 102 Å². The molecule has 1 saturated carbocycles. The lowest BCUT2D eigenvalue weighted by Crippen LogP contribution is -2.26. The van der Waals surface area contributed by atoms with Gasteiger partial charge in [0.15, 0.2) is 0 Å². The van der Waals surface area contributed by atoms with Gasteiger partial charge in [0, 0.05) is 4.88 Å². The smallest absolute Gasteiger partial charge is 0.110 e. The van der Waals surface area contributed by atoms with Gasteiger partial charge in [-0.05, 0) is 39.7 Å². The second-order valence-corrected chi connectivity index (χ2v) is 6.09. The molecule has 1 N–H and O–H groups in total. The normalized spacial score (nSPS) is 19.9. The van der Waals surface area contributed by atoms with Crippen LogP contribution in [0.5, 0.6) is 0 Å². The van der Waals surface area contributed by atoms with Crippen molar-refractivity contribution in [3.05, 3.63) is 15.6 Å². The molecule has 0 radical (unpaired) electrons. The first-order valence-corrected chi connectivity index (χ1v) is 7.15. The van der Waals surface area contributed by atoms with Gasteiger partial charge in [-0.25, -0.2) is 4.98 Å². The van der Waals surface area contributed by atoms with Crippen LogP contribution >= 0.6 is 11.3 Å². The van der Waals surface area contributed by atoms with Gasteiger partial charge in [0.05, 0.1) is 11.7 Å². The van der Waals surface area contributed by atoms with Gasteiger partial charge >= 0.3 is 0 Å². The predicted octanol–water partition coefficient (Wildman–Crippen LogP) is 3.60. The molecule has 1 heterocycles. The monoisotopic (exact) mass is 238 g/mol. The summed E-state index contributed by atoms with van der Waals surface area (Å²) in [5.74, 6) is 0.795. The first-order chi connectivity index (χ1) is 7.72. The summed E-state index contributed by atoms with van der Waals surface area (Å²) in [5.41, 5.74) is 1.20. The largest absolute Gasteiger partial charge is 0.311 e. The zero-order valence-corrected chi connectivity index (χ0v) is 11.4. The number of hydrogen-bond acceptors (Lipinski definition) is 3. The Balaban J connectivity index is 2.14. The number of nitrogens with zero attached hydrogens (tertiary/aromatic N) is 1. The van der Waals surface area contributed by atoms with Crippen molar-refractivity contribution in [2.24, 2.45) is 5.92 Å². The maximum atomic E-state index is 4.71. The molecule has 0 saturated heterocycles. The minimum absolute atomic E-state index is 0.484. The fraction of sp³-hybridized carbons (Fsp3) is 0.769. The summed E-state index contributed by atoms with van der Waals surface area (Å²) < 4.78 is 0. The van der Waals surface area contributed by atoms with E-state index in [1.807, 2.05) is 11.3 Å². The van der Waals surface area contributed by atoms with E-state index in [0.29, 0.717) is 6.04 Å². The molecule has 0 aliphatic heterocycles. The number of aromatic nitrogens is 1. The lowest BCUT2D eigenvalue weighted by Gasteiger charge is -2.28. The summed E-state index contributed by atoms with van der Waals surface area (Å²) in [4.78, 5) is 6.08. The fourth-order valence-corrected chi connectivity index (χ4v) is 3.79. The molecule has 1 aromatic heterocycles. The van der Waals surface area contributed by atoms with Gasteiger partial charge in [-0.3, -0.25) is 0 Å². The average molecular weight is 238 g/mol. The van der Waals surface area contributed by atoms with Gasteiger partial charge in [0.1, 0.15) is 5.01 Å². The quantitative estimate of drug-likeness (QED) is 0.870. The van der Waals surface area contributed by atoms with E-state index in [9.17, 15) is 0 Å². The van der Waals surface area contributed by atoms with Crippen molar-refractivity contribution < 1.29 is 0 Å². The molecule has 1 unspecified atom stereocenters. The SMILES string of the molecule is CNC(c1nc(C)c(C)s1)C1CCCCC1. The van der Waals surface area contributed by atoms with Crippen molar-refractivity contribution in [2.75, 3.05) is 7.05 Å². The van der Waals surface area contributed by atoms with Crippen LogP contribution in [0.4, 0.5) is 0 Å². The molecule has 1 atom stereocenters. The zero-order valence-electron chi connectivity index (χ0n) is 10.5. The lowest BCUT2D eigenvalue weighted by molar-refractivity contribution is 0.281. The van der Waals surface area contributed by atoms with Gasteiger partial charge in [-0.1, -0.05) is 19.3 Å². The average Bonchev–Trinajstić information content (AvgIpc) is 2.61. The van der Waals surface area contributed by atoms with E-state index in [-0.39, 0.29) is 0 Å². The Hall–Kier alpha value is -0.410. The van der Waals surface area contributed by atoms with E-state index in [1.165, 1.54) is 47.7 Å². The Morgan fingerprint density at radius 2 is 1.94 bits per heavy atom. The molecular weight excluding hydrogens is 216 g/mol. The molecule has 1 fully saturated rings. The van der Waals surface area contributed by atoms with Crippen molar-refractivity contribution in [3.8, 4) is 0 Å². The van der Waals surface area contributed by atoms with Crippen molar-refractivity contribution in [2.45, 2.75) is 52.0 Å². The third-order valence-electron chi connectivity index (χ3n) is 3.74. The van der Waals surface area contributed by atoms with Crippen LogP contribution in [-0.4, -0.2) is 12.0 Å². The molecule has 0 amide bonds. The molecule has 3 heteroatoms. The summed E-state index contributed by atoms with van der Waals surface area (Å²) in [6.07, 6.45) is 6.94. The third kappa shape index (κ3) is 2.46. The number of hydrogen-bond donors (Lipinski definition) is 1. The van der Waals surface area contributed by atoms with Gasteiger partial charge in [0.25, 0.3) is 0 Å². The van der Waals surface area contributed by atoms with Crippen LogP contribution in [0.2, 0.25) is 0 Å². The minimum Gasteiger partial charge on any atom is -0.311 e. The van der Waals surface area contributed by atoms with Crippen LogP contribution in [-0.2, 0) is 0 Å². The van der Waals surface area contributed by atoms with E-state index in [4.69, 9.17) is 4.98 Å². The van der Waals surface area contributed by atoms with Gasteiger partial charge in [-0.2, -0.15) is 0 Å². The Morgan fingerprint density at radius 1 is 1.25 bits per heavy atom. The van der Waals surface area contributed by atoms with E-state index in [1.54, 1.807) is 0 Å². The Morgan fingerprint density at radius 3 is 2.44 bits per heavy atom. The maximum absolute atomic E-state index is 4.71. The molecule has 0 spiro atoms. The van der Waals surface area contributed by atoms with Crippen molar-refractivity contribution >= 4 is 11.3 Å². The molecule has 90 valence electrons. The van der Waals surface area contributed by atoms with Gasteiger partial charge < -0.3 is 5.32 Å². The van der Waals surface area contributed by atoms with Gasteiger partial charge in [-0.15, -0.1) is 11.3 Å². The fourth-order valence-electron chi connectivity index (χ4n) is 2.66. The van der Waals surface area contributed by atoms with Gasteiger partial charge in [0.2, 0.25) is 0 Å². The molecule has 16 heavy (non-hydrogen) atoms. The predicted molar refractivity (Wildman–Crippen MR) is 70.0 cm³/mol. The van der Waals surface area contributed by atoms with Crippen LogP contribution < -0.4 is 5.32 Å². The van der Waals surface area contributed by atoms with Crippen LogP contribution in [0.3, 0.4) is 0 Å². The third-order valence-corrected chi connectivity index (χ3v) is 4.90. The highest BCUT2D eigenvalue weighted by Crippen LogP contribution is 2.36. The van der Waals surface area contributed by atoms with E-state index < -0.39 is 0 Å².